The van der Waals surface area contributed by atoms with E-state index in [1.807, 2.05) is 37.4 Å². The highest BCUT2D eigenvalue weighted by Gasteiger charge is 2.25. The molecule has 0 bridgehead atoms. The number of aromatic nitrogens is 3. The Balaban J connectivity index is 1.54. The second kappa shape index (κ2) is 11.7. The van der Waals surface area contributed by atoms with E-state index >= 15 is 0 Å². The number of amides is 1. The number of hydrogen-bond acceptors (Lipinski definition) is 8. The highest BCUT2D eigenvalue weighted by molar-refractivity contribution is 6.03. The number of carboxylic acid groups (broad SMARTS) is 1. The molecule has 0 saturated carbocycles. The lowest BCUT2D eigenvalue weighted by Gasteiger charge is -2.29. The molecule has 1 saturated heterocycles. The first-order chi connectivity index (χ1) is 19.8. The van der Waals surface area contributed by atoms with Crippen molar-refractivity contribution in [2.45, 2.75) is 18.9 Å². The van der Waals surface area contributed by atoms with Crippen LogP contribution in [0.25, 0.3) is 22.2 Å². The van der Waals surface area contributed by atoms with E-state index < -0.39 is 5.97 Å². The monoisotopic (exact) mass is 555 g/mol. The van der Waals surface area contributed by atoms with Crippen LogP contribution in [0, 0.1) is 0 Å². The number of H-pyrrole nitrogens is 1. The lowest BCUT2D eigenvalue weighted by molar-refractivity contribution is -0.111. The molecular formula is C30H33N7O4. The van der Waals surface area contributed by atoms with Gasteiger partial charge in [0, 0.05) is 54.6 Å². The Labute approximate surface area is 237 Å². The van der Waals surface area contributed by atoms with E-state index in [2.05, 4.69) is 49.0 Å². The highest BCUT2D eigenvalue weighted by Crippen LogP contribution is 2.39. The molecule has 41 heavy (non-hydrogen) atoms. The van der Waals surface area contributed by atoms with Crippen LogP contribution in [0.1, 0.15) is 23.2 Å². The van der Waals surface area contributed by atoms with Crippen LogP contribution in [-0.4, -0.2) is 77.2 Å². The smallest absolute Gasteiger partial charge is 0.339 e. The van der Waals surface area contributed by atoms with Crippen molar-refractivity contribution in [3.63, 3.8) is 0 Å². The number of benzene rings is 2. The number of fused-ring (bicyclic) bond motifs is 1. The predicted molar refractivity (Wildman–Crippen MR) is 160 cm³/mol. The SMILES string of the molecule is C=CC(=O)Nc1cc(Nc2ncc(C(=O)O)c(-c3c[nH]c4ccccc34)n2)c(OC)cc1N(C)CC1CCCN1C. The van der Waals surface area contributed by atoms with Crippen LogP contribution in [0.4, 0.5) is 23.0 Å². The summed E-state index contributed by atoms with van der Waals surface area (Å²) in [6, 6.07) is 11.6. The Morgan fingerprint density at radius 1 is 1.29 bits per heavy atom. The van der Waals surface area contributed by atoms with Crippen LogP contribution in [0.5, 0.6) is 5.75 Å². The van der Waals surface area contributed by atoms with Crippen molar-refractivity contribution in [1.29, 1.82) is 0 Å². The van der Waals surface area contributed by atoms with Gasteiger partial charge in [0.15, 0.2) is 0 Å². The zero-order chi connectivity index (χ0) is 29.1. The molecule has 1 fully saturated rings. The minimum Gasteiger partial charge on any atom is -0.494 e. The molecule has 1 unspecified atom stereocenters. The van der Waals surface area contributed by atoms with Crippen molar-refractivity contribution in [2.24, 2.45) is 0 Å². The summed E-state index contributed by atoms with van der Waals surface area (Å²) < 4.78 is 5.72. The van der Waals surface area contributed by atoms with Crippen LogP contribution >= 0.6 is 0 Å². The first kappa shape index (κ1) is 27.7. The van der Waals surface area contributed by atoms with Gasteiger partial charge in [-0.15, -0.1) is 0 Å². The Kier molecular flexibility index (Phi) is 7.88. The summed E-state index contributed by atoms with van der Waals surface area (Å²) in [5.74, 6) is -0.812. The summed E-state index contributed by atoms with van der Waals surface area (Å²) in [6.07, 6.45) is 6.49. The standard InChI is InChI=1S/C30H33N7O4/c1-5-27(38)33-23-13-24(26(41-4)14-25(23)37(3)17-18-9-8-12-36(18)2)34-30-32-16-21(29(39)40)28(35-30)20-15-31-22-11-7-6-10-19(20)22/h5-7,10-11,13-16,18,31H,1,8-9,12,17H2,2-4H3,(H,33,38)(H,39,40)(H,32,34,35). The molecule has 212 valence electrons. The Morgan fingerprint density at radius 3 is 2.80 bits per heavy atom. The molecule has 5 rings (SSSR count). The summed E-state index contributed by atoms with van der Waals surface area (Å²) in [6.45, 7) is 5.42. The van der Waals surface area contributed by atoms with Crippen molar-refractivity contribution in [1.82, 2.24) is 19.9 Å². The van der Waals surface area contributed by atoms with Gasteiger partial charge in [0.1, 0.15) is 11.3 Å². The van der Waals surface area contributed by atoms with Crippen molar-refractivity contribution in [2.75, 3.05) is 49.8 Å². The van der Waals surface area contributed by atoms with Gasteiger partial charge < -0.3 is 35.3 Å². The van der Waals surface area contributed by atoms with Crippen LogP contribution in [-0.2, 0) is 4.79 Å². The number of carboxylic acids is 1. The van der Waals surface area contributed by atoms with Crippen LogP contribution < -0.4 is 20.3 Å². The van der Waals surface area contributed by atoms with Crippen molar-refractivity contribution >= 4 is 45.8 Å². The van der Waals surface area contributed by atoms with E-state index in [1.165, 1.54) is 12.3 Å². The van der Waals surface area contributed by atoms with Gasteiger partial charge in [0.05, 0.1) is 29.9 Å². The normalized spacial score (nSPS) is 15.0. The molecule has 4 aromatic rings. The molecule has 0 spiro atoms. The fourth-order valence-corrected chi connectivity index (χ4v) is 5.25. The molecule has 1 aliphatic rings. The number of nitrogens with zero attached hydrogens (tertiary/aromatic N) is 4. The number of aromatic carboxylic acids is 1. The van der Waals surface area contributed by atoms with Crippen LogP contribution in [0.3, 0.4) is 0 Å². The fraction of sp³-hybridized carbons (Fsp3) is 0.267. The lowest BCUT2D eigenvalue weighted by Crippen LogP contribution is -2.37. The van der Waals surface area contributed by atoms with Gasteiger partial charge in [0.2, 0.25) is 11.9 Å². The molecule has 1 aliphatic heterocycles. The van der Waals surface area contributed by atoms with Gasteiger partial charge in [-0.1, -0.05) is 24.8 Å². The van der Waals surface area contributed by atoms with Crippen molar-refractivity contribution < 1.29 is 19.4 Å². The number of nitrogens with one attached hydrogen (secondary N) is 3. The molecule has 11 nitrogen and oxygen atoms in total. The minimum atomic E-state index is -1.14. The summed E-state index contributed by atoms with van der Waals surface area (Å²) in [5, 5.41) is 16.8. The zero-order valence-corrected chi connectivity index (χ0v) is 23.3. The van der Waals surface area contributed by atoms with Crippen LogP contribution in [0.2, 0.25) is 0 Å². The van der Waals surface area contributed by atoms with E-state index in [0.717, 1.165) is 42.5 Å². The van der Waals surface area contributed by atoms with E-state index in [-0.39, 0.29) is 23.1 Å². The molecule has 1 atom stereocenters. The number of ether oxygens (including phenoxy) is 1. The van der Waals surface area contributed by atoms with Gasteiger partial charge >= 0.3 is 5.97 Å². The number of likely N-dealkylation sites (N-methyl/N-ethyl adjacent to an activating group) is 2. The molecule has 2 aromatic heterocycles. The first-order valence-corrected chi connectivity index (χ1v) is 13.3. The maximum Gasteiger partial charge on any atom is 0.339 e. The number of likely N-dealkylation sites (tertiary alicyclic amines) is 1. The third kappa shape index (κ3) is 5.71. The van der Waals surface area contributed by atoms with Gasteiger partial charge in [-0.05, 0) is 44.6 Å². The highest BCUT2D eigenvalue weighted by atomic mass is 16.5. The quantitative estimate of drug-likeness (QED) is 0.205. The van der Waals surface area contributed by atoms with Gasteiger partial charge in [-0.25, -0.2) is 14.8 Å². The molecular weight excluding hydrogens is 522 g/mol. The fourth-order valence-electron chi connectivity index (χ4n) is 5.25. The number of methoxy groups -OCH3 is 1. The van der Waals surface area contributed by atoms with E-state index in [0.29, 0.717) is 28.7 Å². The number of rotatable bonds is 10. The van der Waals surface area contributed by atoms with E-state index in [1.54, 1.807) is 19.4 Å². The number of anilines is 4. The summed E-state index contributed by atoms with van der Waals surface area (Å²) in [5.41, 5.74) is 3.58. The van der Waals surface area contributed by atoms with Gasteiger partial charge in [0.25, 0.3) is 0 Å². The van der Waals surface area contributed by atoms with Crippen LogP contribution in [0.15, 0.2) is 61.4 Å². The topological polar surface area (TPSA) is 136 Å². The average molecular weight is 556 g/mol. The molecule has 0 aliphatic carbocycles. The van der Waals surface area contributed by atoms with Gasteiger partial charge in [-0.2, -0.15) is 0 Å². The summed E-state index contributed by atoms with van der Waals surface area (Å²) >= 11 is 0. The third-order valence-corrected chi connectivity index (χ3v) is 7.44. The van der Waals surface area contributed by atoms with Gasteiger partial charge in [-0.3, -0.25) is 4.79 Å². The number of carbonyl (C=O) groups excluding carboxylic acids is 1. The first-order valence-electron chi connectivity index (χ1n) is 13.3. The average Bonchev–Trinajstić information content (AvgIpc) is 3.58. The third-order valence-electron chi connectivity index (χ3n) is 7.44. The van der Waals surface area contributed by atoms with E-state index in [9.17, 15) is 14.7 Å². The molecule has 3 heterocycles. The Morgan fingerprint density at radius 2 is 2.10 bits per heavy atom. The second-order valence-corrected chi connectivity index (χ2v) is 10.1. The predicted octanol–water partition coefficient (Wildman–Crippen LogP) is 4.73. The van der Waals surface area contributed by atoms with Crippen molar-refractivity contribution in [3.05, 3.63) is 67.0 Å². The Hall–Kier alpha value is -4.90. The number of hydrogen-bond donors (Lipinski definition) is 4. The largest absolute Gasteiger partial charge is 0.494 e. The number of aromatic amines is 1. The minimum absolute atomic E-state index is 0.0277. The Bertz CT molecular complexity index is 1620. The number of carbonyl (C=O) groups is 2. The molecule has 1 amide bonds. The molecule has 2 aromatic carbocycles. The maximum absolute atomic E-state index is 12.4. The summed E-state index contributed by atoms with van der Waals surface area (Å²) in [7, 11) is 5.67. The molecule has 4 N–H and O–H groups in total. The maximum atomic E-state index is 12.4. The molecule has 11 heteroatoms. The molecule has 0 radical (unpaired) electrons. The number of para-hydroxylation sites is 1. The van der Waals surface area contributed by atoms with Crippen molar-refractivity contribution in [3.8, 4) is 17.0 Å². The van der Waals surface area contributed by atoms with E-state index in [4.69, 9.17) is 4.74 Å². The second-order valence-electron chi connectivity index (χ2n) is 10.1. The summed E-state index contributed by atoms with van der Waals surface area (Å²) in [4.78, 5) is 40.9. The zero-order valence-electron chi connectivity index (χ0n) is 23.3. The lowest BCUT2D eigenvalue weighted by atomic mass is 10.1.